The summed E-state index contributed by atoms with van der Waals surface area (Å²) in [6.07, 6.45) is 0. The van der Waals surface area contributed by atoms with Crippen molar-refractivity contribution in [1.29, 1.82) is 0 Å². The zero-order chi connectivity index (χ0) is 17.0. The molecule has 0 unspecified atom stereocenters. The summed E-state index contributed by atoms with van der Waals surface area (Å²) in [6, 6.07) is 5.52. The Morgan fingerprint density at radius 2 is 2.00 bits per heavy atom. The third-order valence-corrected chi connectivity index (χ3v) is 3.99. The fourth-order valence-electron chi connectivity index (χ4n) is 2.31. The van der Waals surface area contributed by atoms with Crippen LogP contribution in [0.2, 0.25) is 0 Å². The molecular weight excluding hydrogens is 312 g/mol. The van der Waals surface area contributed by atoms with E-state index in [1.165, 1.54) is 0 Å². The maximum absolute atomic E-state index is 5.36. The predicted octanol–water partition coefficient (Wildman–Crippen LogP) is 2.54. The van der Waals surface area contributed by atoms with E-state index in [-0.39, 0.29) is 0 Å². The second-order valence-electron chi connectivity index (χ2n) is 5.15. The largest absolute Gasteiger partial charge is 0.497 e. The van der Waals surface area contributed by atoms with Gasteiger partial charge >= 0.3 is 0 Å². The molecule has 7 heteroatoms. The van der Waals surface area contributed by atoms with E-state index >= 15 is 0 Å². The SMILES string of the molecule is COc1ccc(NC(=S)NCc2c(C)nn(C)c2C)c(OC)c1. The highest BCUT2D eigenvalue weighted by molar-refractivity contribution is 7.80. The van der Waals surface area contributed by atoms with Crippen LogP contribution in [0.3, 0.4) is 0 Å². The van der Waals surface area contributed by atoms with E-state index in [9.17, 15) is 0 Å². The Bertz CT molecular complexity index is 712. The smallest absolute Gasteiger partial charge is 0.171 e. The van der Waals surface area contributed by atoms with Crippen LogP contribution in [-0.4, -0.2) is 29.1 Å². The highest BCUT2D eigenvalue weighted by Crippen LogP contribution is 2.28. The van der Waals surface area contributed by atoms with Crippen LogP contribution in [0.1, 0.15) is 17.0 Å². The number of thiocarbonyl (C=S) groups is 1. The van der Waals surface area contributed by atoms with Crippen LogP contribution in [0.15, 0.2) is 18.2 Å². The Balaban J connectivity index is 2.02. The topological polar surface area (TPSA) is 60.3 Å². The molecule has 1 heterocycles. The van der Waals surface area contributed by atoms with E-state index in [1.54, 1.807) is 20.3 Å². The van der Waals surface area contributed by atoms with Crippen molar-refractivity contribution in [3.05, 3.63) is 35.2 Å². The van der Waals surface area contributed by atoms with Gasteiger partial charge in [-0.2, -0.15) is 5.10 Å². The number of nitrogens with one attached hydrogen (secondary N) is 2. The van der Waals surface area contributed by atoms with Gasteiger partial charge in [-0.15, -0.1) is 0 Å². The van der Waals surface area contributed by atoms with Gasteiger partial charge in [-0.3, -0.25) is 4.68 Å². The molecule has 0 radical (unpaired) electrons. The molecule has 0 fully saturated rings. The second kappa shape index (κ2) is 7.32. The summed E-state index contributed by atoms with van der Waals surface area (Å²) < 4.78 is 12.4. The first kappa shape index (κ1) is 17.1. The molecule has 0 aliphatic heterocycles. The number of rotatable bonds is 5. The van der Waals surface area contributed by atoms with Crippen molar-refractivity contribution < 1.29 is 9.47 Å². The molecule has 1 aromatic carbocycles. The van der Waals surface area contributed by atoms with Crippen molar-refractivity contribution in [2.75, 3.05) is 19.5 Å². The van der Waals surface area contributed by atoms with Gasteiger partial charge in [0.25, 0.3) is 0 Å². The van der Waals surface area contributed by atoms with E-state index < -0.39 is 0 Å². The molecule has 0 aliphatic carbocycles. The summed E-state index contributed by atoms with van der Waals surface area (Å²) in [6.45, 7) is 4.66. The first-order valence-corrected chi connectivity index (χ1v) is 7.63. The Hall–Kier alpha value is -2.28. The molecule has 0 bridgehead atoms. The number of methoxy groups -OCH3 is 2. The summed E-state index contributed by atoms with van der Waals surface area (Å²) in [5.41, 5.74) is 4.06. The van der Waals surface area contributed by atoms with Gasteiger partial charge in [0.05, 0.1) is 25.6 Å². The third-order valence-electron chi connectivity index (χ3n) is 3.74. The van der Waals surface area contributed by atoms with E-state index in [4.69, 9.17) is 21.7 Å². The van der Waals surface area contributed by atoms with Crippen molar-refractivity contribution in [2.45, 2.75) is 20.4 Å². The van der Waals surface area contributed by atoms with Crippen LogP contribution in [-0.2, 0) is 13.6 Å². The molecule has 23 heavy (non-hydrogen) atoms. The number of aromatic nitrogens is 2. The zero-order valence-corrected chi connectivity index (χ0v) is 14.9. The molecule has 124 valence electrons. The highest BCUT2D eigenvalue weighted by Gasteiger charge is 2.11. The first-order valence-electron chi connectivity index (χ1n) is 7.22. The average Bonchev–Trinajstić information content (AvgIpc) is 2.78. The first-order chi connectivity index (χ1) is 11.0. The molecule has 1 aromatic heterocycles. The van der Waals surface area contributed by atoms with Crippen molar-refractivity contribution in [3.63, 3.8) is 0 Å². The number of nitrogens with zero attached hydrogens (tertiary/aromatic N) is 2. The maximum atomic E-state index is 5.36. The zero-order valence-electron chi connectivity index (χ0n) is 14.1. The lowest BCUT2D eigenvalue weighted by atomic mass is 10.2. The van der Waals surface area contributed by atoms with Crippen LogP contribution in [0.4, 0.5) is 5.69 Å². The Kier molecular flexibility index (Phi) is 5.44. The normalized spacial score (nSPS) is 10.3. The number of aryl methyl sites for hydroxylation is 2. The van der Waals surface area contributed by atoms with E-state index in [0.29, 0.717) is 17.4 Å². The molecule has 2 rings (SSSR count). The van der Waals surface area contributed by atoms with Gasteiger partial charge in [0.15, 0.2) is 5.11 Å². The number of hydrogen-bond acceptors (Lipinski definition) is 4. The average molecular weight is 334 g/mol. The van der Waals surface area contributed by atoms with Gasteiger partial charge in [0.2, 0.25) is 0 Å². The molecule has 0 saturated heterocycles. The molecule has 0 aliphatic rings. The quantitative estimate of drug-likeness (QED) is 0.820. The lowest BCUT2D eigenvalue weighted by molar-refractivity contribution is 0.395. The van der Waals surface area contributed by atoms with E-state index in [1.807, 2.05) is 37.7 Å². The molecule has 2 N–H and O–H groups in total. The molecule has 0 atom stereocenters. The summed E-state index contributed by atoms with van der Waals surface area (Å²) in [7, 11) is 5.16. The number of benzene rings is 1. The number of hydrogen-bond donors (Lipinski definition) is 2. The molecule has 0 spiro atoms. The van der Waals surface area contributed by atoms with Crippen LogP contribution in [0.5, 0.6) is 11.5 Å². The van der Waals surface area contributed by atoms with Gasteiger partial charge in [0.1, 0.15) is 11.5 Å². The van der Waals surface area contributed by atoms with E-state index in [2.05, 4.69) is 15.7 Å². The van der Waals surface area contributed by atoms with Gasteiger partial charge in [-0.25, -0.2) is 0 Å². The van der Waals surface area contributed by atoms with Crippen molar-refractivity contribution >= 4 is 23.0 Å². The van der Waals surface area contributed by atoms with Crippen LogP contribution < -0.4 is 20.1 Å². The van der Waals surface area contributed by atoms with Crippen molar-refractivity contribution in [3.8, 4) is 11.5 Å². The minimum Gasteiger partial charge on any atom is -0.497 e. The molecule has 0 amide bonds. The second-order valence-corrected chi connectivity index (χ2v) is 5.56. The molecule has 2 aromatic rings. The van der Waals surface area contributed by atoms with Crippen LogP contribution in [0.25, 0.3) is 0 Å². The van der Waals surface area contributed by atoms with Gasteiger partial charge < -0.3 is 20.1 Å². The third kappa shape index (κ3) is 3.92. The van der Waals surface area contributed by atoms with E-state index in [0.717, 1.165) is 28.4 Å². The van der Waals surface area contributed by atoms with Gasteiger partial charge in [0, 0.05) is 30.9 Å². The summed E-state index contributed by atoms with van der Waals surface area (Å²) in [5, 5.41) is 11.3. The van der Waals surface area contributed by atoms with Gasteiger partial charge in [-0.05, 0) is 38.2 Å². The lowest BCUT2D eigenvalue weighted by Crippen LogP contribution is -2.28. The molecular formula is C16H22N4O2S. The number of ether oxygens (including phenoxy) is 2. The van der Waals surface area contributed by atoms with Crippen LogP contribution in [0, 0.1) is 13.8 Å². The lowest BCUT2D eigenvalue weighted by Gasteiger charge is -2.14. The number of anilines is 1. The van der Waals surface area contributed by atoms with Crippen molar-refractivity contribution in [1.82, 2.24) is 15.1 Å². The van der Waals surface area contributed by atoms with Gasteiger partial charge in [-0.1, -0.05) is 0 Å². The minimum absolute atomic E-state index is 0.524. The Morgan fingerprint density at radius 3 is 2.57 bits per heavy atom. The fraction of sp³-hybridized carbons (Fsp3) is 0.375. The fourth-order valence-corrected chi connectivity index (χ4v) is 2.49. The summed E-state index contributed by atoms with van der Waals surface area (Å²) in [4.78, 5) is 0. The van der Waals surface area contributed by atoms with Crippen LogP contribution >= 0.6 is 12.2 Å². The summed E-state index contributed by atoms with van der Waals surface area (Å²) >= 11 is 5.36. The molecule has 6 nitrogen and oxygen atoms in total. The maximum Gasteiger partial charge on any atom is 0.171 e. The standard InChI is InChI=1S/C16H22N4O2S/c1-10-13(11(2)20(3)19-10)9-17-16(23)18-14-7-6-12(21-4)8-15(14)22-5/h6-8H,9H2,1-5H3,(H2,17,18,23). The molecule has 0 saturated carbocycles. The minimum atomic E-state index is 0.524. The Labute approximate surface area is 141 Å². The monoisotopic (exact) mass is 334 g/mol. The summed E-state index contributed by atoms with van der Waals surface area (Å²) in [5.74, 6) is 1.40. The predicted molar refractivity (Wildman–Crippen MR) is 95.3 cm³/mol. The highest BCUT2D eigenvalue weighted by atomic mass is 32.1. The van der Waals surface area contributed by atoms with Crippen molar-refractivity contribution in [2.24, 2.45) is 7.05 Å². The Morgan fingerprint density at radius 1 is 1.26 bits per heavy atom.